The fourth-order valence-corrected chi connectivity index (χ4v) is 1.44. The van der Waals surface area contributed by atoms with Crippen molar-refractivity contribution in [1.82, 2.24) is 5.32 Å². The average Bonchev–Trinajstić information content (AvgIpc) is 2.27. The topological polar surface area (TPSA) is 32.3 Å². The van der Waals surface area contributed by atoms with Gasteiger partial charge in [-0.25, -0.2) is 0 Å². The molecule has 0 spiro atoms. The van der Waals surface area contributed by atoms with E-state index in [4.69, 9.17) is 0 Å². The Morgan fingerprint density at radius 3 is 2.44 bits per heavy atom. The van der Waals surface area contributed by atoms with Crippen LogP contribution in [0.5, 0.6) is 0 Å². The molecule has 1 aromatic rings. The van der Waals surface area contributed by atoms with Gasteiger partial charge in [-0.05, 0) is 19.5 Å². The number of rotatable bonds is 3. The van der Waals surface area contributed by atoms with Gasteiger partial charge in [0.2, 0.25) is 0 Å². The Hall–Kier alpha value is -1.38. The van der Waals surface area contributed by atoms with E-state index in [1.807, 2.05) is 62.5 Å². The van der Waals surface area contributed by atoms with E-state index >= 15 is 0 Å². The van der Waals surface area contributed by atoms with Gasteiger partial charge >= 0.3 is 0 Å². The van der Waals surface area contributed by atoms with Crippen LogP contribution in [0.4, 0.5) is 0 Å². The molecule has 0 aromatic heterocycles. The van der Waals surface area contributed by atoms with Crippen molar-refractivity contribution in [3.8, 4) is 0 Å². The number of hydrogen-bond donors (Lipinski definition) is 2. The summed E-state index contributed by atoms with van der Waals surface area (Å²) in [6.45, 7) is 2.58. The summed E-state index contributed by atoms with van der Waals surface area (Å²) in [4.78, 5) is 0. The highest BCUT2D eigenvalue weighted by atomic mass is 16.3. The zero-order valence-electron chi connectivity index (χ0n) is 9.85. The van der Waals surface area contributed by atoms with Crippen LogP contribution in [0.3, 0.4) is 0 Å². The maximum Gasteiger partial charge on any atom is 0.0914 e. The van der Waals surface area contributed by atoms with Gasteiger partial charge < -0.3 is 10.4 Å². The van der Waals surface area contributed by atoms with Gasteiger partial charge in [-0.3, -0.25) is 0 Å². The molecule has 16 heavy (non-hydrogen) atoms. The molecule has 0 saturated heterocycles. The van der Waals surface area contributed by atoms with E-state index in [0.717, 1.165) is 11.1 Å². The largest absolute Gasteiger partial charge is 0.387 e. The van der Waals surface area contributed by atoms with Crippen LogP contribution in [0, 0.1) is 6.92 Å². The minimum absolute atomic E-state index is 0.471. The monoisotopic (exact) mass is 217 g/mol. The van der Waals surface area contributed by atoms with E-state index in [2.05, 4.69) is 5.32 Å². The predicted molar refractivity (Wildman–Crippen MR) is 67.7 cm³/mol. The molecule has 0 aliphatic heterocycles. The number of aryl methyl sites for hydroxylation is 1. The van der Waals surface area contributed by atoms with Gasteiger partial charge in [0, 0.05) is 6.54 Å². The minimum Gasteiger partial charge on any atom is -0.387 e. The highest BCUT2D eigenvalue weighted by Crippen LogP contribution is 2.10. The summed E-state index contributed by atoms with van der Waals surface area (Å²) in [5.74, 6) is 0. The van der Waals surface area contributed by atoms with Crippen molar-refractivity contribution in [2.45, 2.75) is 13.0 Å². The van der Waals surface area contributed by atoms with Crippen LogP contribution in [0.25, 0.3) is 0 Å². The van der Waals surface area contributed by atoms with Crippen molar-refractivity contribution < 1.29 is 5.11 Å². The van der Waals surface area contributed by atoms with E-state index in [9.17, 15) is 5.11 Å². The lowest BCUT2D eigenvalue weighted by molar-refractivity contribution is 0.178. The summed E-state index contributed by atoms with van der Waals surface area (Å²) < 4.78 is 0. The van der Waals surface area contributed by atoms with Gasteiger partial charge in [0.15, 0.2) is 0 Å². The van der Waals surface area contributed by atoms with Crippen LogP contribution in [-0.4, -0.2) is 18.7 Å². The van der Waals surface area contributed by atoms with Crippen molar-refractivity contribution in [2.75, 3.05) is 13.6 Å². The van der Waals surface area contributed by atoms with Gasteiger partial charge in [-0.15, -0.1) is 0 Å². The molecule has 0 fully saturated rings. The van der Waals surface area contributed by atoms with E-state index in [0.29, 0.717) is 6.54 Å². The molecule has 0 aliphatic rings. The van der Waals surface area contributed by atoms with Crippen molar-refractivity contribution in [3.05, 3.63) is 59.7 Å². The van der Waals surface area contributed by atoms with E-state index in [1.165, 1.54) is 0 Å². The first-order valence-corrected chi connectivity index (χ1v) is 5.46. The van der Waals surface area contributed by atoms with Crippen molar-refractivity contribution >= 4 is 0 Å². The molecular formula is C14H19NO. The number of nitrogens with one attached hydrogen (secondary N) is 1. The Balaban J connectivity index is 3.13. The second kappa shape index (κ2) is 6.99. The Morgan fingerprint density at radius 1 is 1.12 bits per heavy atom. The van der Waals surface area contributed by atoms with Gasteiger partial charge in [0.1, 0.15) is 0 Å². The van der Waals surface area contributed by atoms with Crippen LogP contribution in [0.1, 0.15) is 17.2 Å². The SMILES string of the molecule is CNCC(O)c1cccccccc(C)c1. The molecule has 0 bridgehead atoms. The third kappa shape index (κ3) is 4.43. The Morgan fingerprint density at radius 2 is 1.75 bits per heavy atom. The molecule has 0 radical (unpaired) electrons. The molecule has 1 rings (SSSR count). The first kappa shape index (κ1) is 12.7. The quantitative estimate of drug-likeness (QED) is 0.814. The summed E-state index contributed by atoms with van der Waals surface area (Å²) in [5, 5.41) is 12.9. The zero-order valence-corrected chi connectivity index (χ0v) is 9.85. The summed E-state index contributed by atoms with van der Waals surface area (Å²) in [6.07, 6.45) is -0.471. The number of aliphatic hydroxyl groups is 1. The fourth-order valence-electron chi connectivity index (χ4n) is 1.44. The molecule has 0 heterocycles. The van der Waals surface area contributed by atoms with Gasteiger partial charge in [-0.2, -0.15) is 0 Å². The fraction of sp³-hybridized carbons (Fsp3) is 0.286. The maximum atomic E-state index is 9.92. The predicted octanol–water partition coefficient (Wildman–Crippen LogP) is 2.37. The van der Waals surface area contributed by atoms with Crippen LogP contribution in [-0.2, 0) is 0 Å². The first-order chi connectivity index (χ1) is 7.74. The zero-order chi connectivity index (χ0) is 11.8. The molecule has 0 aliphatic carbocycles. The van der Waals surface area contributed by atoms with Crippen molar-refractivity contribution in [3.63, 3.8) is 0 Å². The van der Waals surface area contributed by atoms with Gasteiger partial charge in [0.05, 0.1) is 6.10 Å². The molecule has 1 aromatic carbocycles. The van der Waals surface area contributed by atoms with Gasteiger partial charge in [0.25, 0.3) is 0 Å². The maximum absolute atomic E-state index is 9.92. The van der Waals surface area contributed by atoms with Crippen LogP contribution in [0.15, 0.2) is 48.5 Å². The second-order valence-electron chi connectivity index (χ2n) is 3.76. The van der Waals surface area contributed by atoms with Crippen molar-refractivity contribution in [2.24, 2.45) is 0 Å². The summed E-state index contributed by atoms with van der Waals surface area (Å²) in [6, 6.07) is 15.8. The second-order valence-corrected chi connectivity index (χ2v) is 3.76. The van der Waals surface area contributed by atoms with E-state index in [1.54, 1.807) is 0 Å². The number of likely N-dealkylation sites (N-methyl/N-ethyl adjacent to an activating group) is 1. The summed E-state index contributed by atoms with van der Waals surface area (Å²) in [7, 11) is 1.83. The minimum atomic E-state index is -0.471. The molecule has 2 heteroatoms. The van der Waals surface area contributed by atoms with Crippen LogP contribution in [0.2, 0.25) is 0 Å². The average molecular weight is 217 g/mol. The lowest BCUT2D eigenvalue weighted by Crippen LogP contribution is -2.16. The van der Waals surface area contributed by atoms with Crippen molar-refractivity contribution in [1.29, 1.82) is 0 Å². The van der Waals surface area contributed by atoms with E-state index in [-0.39, 0.29) is 0 Å². The molecule has 2 N–H and O–H groups in total. The van der Waals surface area contributed by atoms with E-state index < -0.39 is 6.10 Å². The van der Waals surface area contributed by atoms with Crippen LogP contribution < -0.4 is 5.32 Å². The Kier molecular flexibility index (Phi) is 5.54. The molecular weight excluding hydrogens is 198 g/mol. The Bertz CT molecular complexity index is 375. The molecule has 1 unspecified atom stereocenters. The normalized spacial score (nSPS) is 11.7. The molecule has 2 nitrogen and oxygen atoms in total. The highest BCUT2D eigenvalue weighted by Gasteiger charge is 2.03. The third-order valence-electron chi connectivity index (χ3n) is 2.27. The highest BCUT2D eigenvalue weighted by molar-refractivity contribution is 5.20. The molecule has 86 valence electrons. The summed E-state index contributed by atoms with van der Waals surface area (Å²) in [5.41, 5.74) is 2.05. The Labute approximate surface area is 97.3 Å². The standard InChI is InChI=1S/C14H19NO/c1-12-8-6-4-3-5-7-9-13(10-12)14(16)11-15-2/h3-10,14-16H,11H2,1-2H3. The smallest absolute Gasteiger partial charge is 0.0914 e. The first-order valence-electron chi connectivity index (χ1n) is 5.46. The molecule has 1 atom stereocenters. The van der Waals surface area contributed by atoms with Crippen LogP contribution >= 0.6 is 0 Å². The number of aliphatic hydroxyl groups excluding tert-OH is 1. The molecule has 0 saturated carbocycles. The number of hydrogen-bond acceptors (Lipinski definition) is 2. The molecule has 0 amide bonds. The summed E-state index contributed by atoms with van der Waals surface area (Å²) >= 11 is 0. The van der Waals surface area contributed by atoms with Gasteiger partial charge in [-0.1, -0.05) is 54.1 Å². The lowest BCUT2D eigenvalue weighted by Gasteiger charge is -2.09. The lowest BCUT2D eigenvalue weighted by atomic mass is 10.1. The third-order valence-corrected chi connectivity index (χ3v) is 2.27.